The number of aromatic hydroxyl groups is 1. The minimum atomic E-state index is -0.305. The fourth-order valence-corrected chi connectivity index (χ4v) is 1.35. The van der Waals surface area contributed by atoms with E-state index in [1.54, 1.807) is 13.1 Å². The summed E-state index contributed by atoms with van der Waals surface area (Å²) in [6.07, 6.45) is 0. The van der Waals surface area contributed by atoms with Crippen LogP contribution >= 0.6 is 0 Å². The van der Waals surface area contributed by atoms with Crippen LogP contribution in [0, 0.1) is 0 Å². The Hall–Kier alpha value is -1.91. The molecule has 0 amide bonds. The number of benzene rings is 1. The number of imidazole rings is 1. The van der Waals surface area contributed by atoms with Gasteiger partial charge in [0.2, 0.25) is 0 Å². The van der Waals surface area contributed by atoms with E-state index in [1.165, 1.54) is 16.7 Å². The van der Waals surface area contributed by atoms with E-state index in [0.717, 1.165) is 4.68 Å². The molecule has 1 aromatic heterocycles. The highest BCUT2D eigenvalue weighted by Crippen LogP contribution is 2.16. The van der Waals surface area contributed by atoms with Crippen molar-refractivity contribution in [2.45, 2.75) is 0 Å². The Morgan fingerprint density at radius 1 is 1.38 bits per heavy atom. The highest BCUT2D eigenvalue weighted by molar-refractivity contribution is 5.77. The summed E-state index contributed by atoms with van der Waals surface area (Å²) in [4.78, 5) is 11.3. The molecule has 2 rings (SSSR count). The van der Waals surface area contributed by atoms with Crippen LogP contribution in [-0.2, 0) is 7.05 Å². The molecule has 13 heavy (non-hydrogen) atoms. The lowest BCUT2D eigenvalue weighted by Crippen LogP contribution is -2.27. The third-order valence-corrected chi connectivity index (χ3v) is 2.07. The number of aryl methyl sites for hydroxylation is 1. The van der Waals surface area contributed by atoms with Gasteiger partial charge in [0.05, 0.1) is 11.0 Å². The van der Waals surface area contributed by atoms with Crippen molar-refractivity contribution >= 4 is 11.0 Å². The van der Waals surface area contributed by atoms with Crippen LogP contribution < -0.4 is 11.5 Å². The van der Waals surface area contributed by atoms with E-state index in [2.05, 4.69) is 0 Å². The maximum absolute atomic E-state index is 11.3. The molecule has 5 heteroatoms. The lowest BCUT2D eigenvalue weighted by atomic mass is 10.3. The standard InChI is InChI=1S/C8H9N3O2/c1-10-7-4-5(12)2-3-6(7)11(9)8(10)13/h2-4,12H,9H2,1H3. The molecule has 0 bridgehead atoms. The molecule has 0 fully saturated rings. The zero-order chi connectivity index (χ0) is 9.59. The fourth-order valence-electron chi connectivity index (χ4n) is 1.35. The van der Waals surface area contributed by atoms with Crippen LogP contribution in [0.25, 0.3) is 11.0 Å². The summed E-state index contributed by atoms with van der Waals surface area (Å²) in [5, 5.41) is 9.19. The van der Waals surface area contributed by atoms with Gasteiger partial charge in [0.1, 0.15) is 5.75 Å². The van der Waals surface area contributed by atoms with Crippen LogP contribution in [0.2, 0.25) is 0 Å². The van der Waals surface area contributed by atoms with Gasteiger partial charge in [-0.1, -0.05) is 0 Å². The van der Waals surface area contributed by atoms with Crippen LogP contribution in [0.5, 0.6) is 5.75 Å². The van der Waals surface area contributed by atoms with E-state index in [4.69, 9.17) is 5.84 Å². The van der Waals surface area contributed by atoms with Gasteiger partial charge in [-0.25, -0.2) is 9.47 Å². The van der Waals surface area contributed by atoms with Crippen molar-refractivity contribution in [1.82, 2.24) is 9.24 Å². The second-order valence-corrected chi connectivity index (χ2v) is 2.88. The predicted octanol–water partition coefficient (Wildman–Crippen LogP) is -0.241. The highest BCUT2D eigenvalue weighted by atomic mass is 16.3. The number of hydrogen-bond acceptors (Lipinski definition) is 3. The molecule has 1 aromatic carbocycles. The molecular formula is C8H9N3O2. The molecule has 1 heterocycles. The van der Waals surface area contributed by atoms with Crippen molar-refractivity contribution < 1.29 is 5.11 Å². The van der Waals surface area contributed by atoms with Crippen molar-refractivity contribution in [3.8, 4) is 5.75 Å². The maximum Gasteiger partial charge on any atom is 0.347 e. The lowest BCUT2D eigenvalue weighted by Gasteiger charge is -1.94. The monoisotopic (exact) mass is 179 g/mol. The molecule has 0 spiro atoms. The number of fused-ring (bicyclic) bond motifs is 1. The second-order valence-electron chi connectivity index (χ2n) is 2.88. The van der Waals surface area contributed by atoms with Crippen molar-refractivity contribution in [1.29, 1.82) is 0 Å². The average molecular weight is 179 g/mol. The van der Waals surface area contributed by atoms with E-state index < -0.39 is 0 Å². The number of nitrogens with two attached hydrogens (primary N) is 1. The summed E-state index contributed by atoms with van der Waals surface area (Å²) in [5.41, 5.74) is 0.915. The predicted molar refractivity (Wildman–Crippen MR) is 49.0 cm³/mol. The highest BCUT2D eigenvalue weighted by Gasteiger charge is 2.07. The van der Waals surface area contributed by atoms with Crippen LogP contribution in [0.4, 0.5) is 0 Å². The van der Waals surface area contributed by atoms with Crippen LogP contribution in [0.3, 0.4) is 0 Å². The molecule has 0 aliphatic heterocycles. The van der Waals surface area contributed by atoms with E-state index in [1.807, 2.05) is 0 Å². The molecule has 0 unspecified atom stereocenters. The zero-order valence-electron chi connectivity index (χ0n) is 7.06. The largest absolute Gasteiger partial charge is 0.508 e. The minimum absolute atomic E-state index is 0.119. The van der Waals surface area contributed by atoms with Crippen molar-refractivity contribution in [2.75, 3.05) is 5.84 Å². The average Bonchev–Trinajstić information content (AvgIpc) is 2.32. The number of nitrogens with zero attached hydrogens (tertiary/aromatic N) is 2. The van der Waals surface area contributed by atoms with Crippen molar-refractivity contribution in [2.24, 2.45) is 7.05 Å². The zero-order valence-corrected chi connectivity index (χ0v) is 7.06. The lowest BCUT2D eigenvalue weighted by molar-refractivity contribution is 0.476. The Labute approximate surface area is 73.6 Å². The summed E-state index contributed by atoms with van der Waals surface area (Å²) in [5.74, 6) is 5.61. The molecule has 68 valence electrons. The first kappa shape index (κ1) is 7.72. The Bertz CT molecular complexity index is 524. The Kier molecular flexibility index (Phi) is 1.36. The molecular weight excluding hydrogens is 170 g/mol. The first-order valence-electron chi connectivity index (χ1n) is 3.77. The summed E-state index contributed by atoms with van der Waals surface area (Å²) < 4.78 is 2.43. The van der Waals surface area contributed by atoms with E-state index >= 15 is 0 Å². The van der Waals surface area contributed by atoms with E-state index in [-0.39, 0.29) is 11.4 Å². The number of nitrogen functional groups attached to an aromatic ring is 1. The molecule has 0 aliphatic carbocycles. The number of aromatic nitrogens is 2. The van der Waals surface area contributed by atoms with Gasteiger partial charge in [-0.05, 0) is 12.1 Å². The van der Waals surface area contributed by atoms with Crippen molar-refractivity contribution in [3.05, 3.63) is 28.7 Å². The number of phenols is 1. The molecule has 0 saturated carbocycles. The van der Waals surface area contributed by atoms with Gasteiger partial charge < -0.3 is 10.9 Å². The van der Waals surface area contributed by atoms with Gasteiger partial charge in [-0.2, -0.15) is 0 Å². The van der Waals surface area contributed by atoms with Crippen LogP contribution in [0.1, 0.15) is 0 Å². The minimum Gasteiger partial charge on any atom is -0.508 e. The molecule has 0 radical (unpaired) electrons. The van der Waals surface area contributed by atoms with Crippen LogP contribution in [-0.4, -0.2) is 14.3 Å². The molecule has 0 atom stereocenters. The first-order valence-corrected chi connectivity index (χ1v) is 3.77. The molecule has 0 saturated heterocycles. The molecule has 0 aliphatic rings. The molecule has 3 N–H and O–H groups in total. The quantitative estimate of drug-likeness (QED) is 0.548. The van der Waals surface area contributed by atoms with Gasteiger partial charge in [-0.3, -0.25) is 4.57 Å². The number of phenolic OH excluding ortho intramolecular Hbond substituents is 1. The fraction of sp³-hybridized carbons (Fsp3) is 0.125. The third-order valence-electron chi connectivity index (χ3n) is 2.07. The second kappa shape index (κ2) is 2.29. The number of rotatable bonds is 0. The summed E-state index contributed by atoms with van der Waals surface area (Å²) in [7, 11) is 1.60. The van der Waals surface area contributed by atoms with Gasteiger partial charge in [-0.15, -0.1) is 0 Å². The normalized spacial score (nSPS) is 10.8. The smallest absolute Gasteiger partial charge is 0.347 e. The van der Waals surface area contributed by atoms with Gasteiger partial charge in [0, 0.05) is 13.1 Å². The first-order chi connectivity index (χ1) is 6.11. The molecule has 5 nitrogen and oxygen atoms in total. The summed E-state index contributed by atoms with van der Waals surface area (Å²) in [6.45, 7) is 0. The third kappa shape index (κ3) is 0.900. The maximum atomic E-state index is 11.3. The van der Waals surface area contributed by atoms with Gasteiger partial charge in [0.25, 0.3) is 0 Å². The Morgan fingerprint density at radius 3 is 2.77 bits per heavy atom. The Balaban J connectivity index is 3.04. The van der Waals surface area contributed by atoms with Gasteiger partial charge in [0.15, 0.2) is 0 Å². The summed E-state index contributed by atoms with van der Waals surface area (Å²) in [6, 6.07) is 4.59. The number of hydrogen-bond donors (Lipinski definition) is 2. The summed E-state index contributed by atoms with van der Waals surface area (Å²) >= 11 is 0. The van der Waals surface area contributed by atoms with E-state index in [9.17, 15) is 9.90 Å². The van der Waals surface area contributed by atoms with Crippen LogP contribution in [0.15, 0.2) is 23.0 Å². The Morgan fingerprint density at radius 2 is 2.08 bits per heavy atom. The van der Waals surface area contributed by atoms with Gasteiger partial charge >= 0.3 is 5.69 Å². The SMILES string of the molecule is Cn1c(=O)n(N)c2ccc(O)cc21. The topological polar surface area (TPSA) is 73.2 Å². The van der Waals surface area contributed by atoms with E-state index in [0.29, 0.717) is 11.0 Å². The van der Waals surface area contributed by atoms with Crippen molar-refractivity contribution in [3.63, 3.8) is 0 Å². The molecule has 2 aromatic rings.